The van der Waals surface area contributed by atoms with E-state index in [1.807, 2.05) is 6.07 Å². The molecule has 0 aliphatic heterocycles. The molecule has 0 saturated carbocycles. The minimum absolute atomic E-state index is 0.145. The van der Waals surface area contributed by atoms with E-state index < -0.39 is 11.8 Å². The van der Waals surface area contributed by atoms with E-state index in [4.69, 9.17) is 4.74 Å². The van der Waals surface area contributed by atoms with E-state index in [-0.39, 0.29) is 24.5 Å². The van der Waals surface area contributed by atoms with Gasteiger partial charge in [0, 0.05) is 17.3 Å². The van der Waals surface area contributed by atoms with Crippen molar-refractivity contribution in [2.24, 2.45) is 0 Å². The third-order valence-electron chi connectivity index (χ3n) is 4.29. The Morgan fingerprint density at radius 3 is 2.48 bits per heavy atom. The Morgan fingerprint density at radius 2 is 1.83 bits per heavy atom. The van der Waals surface area contributed by atoms with E-state index in [2.05, 4.69) is 0 Å². The van der Waals surface area contributed by atoms with E-state index in [0.717, 1.165) is 0 Å². The van der Waals surface area contributed by atoms with Crippen LogP contribution >= 0.6 is 0 Å². The van der Waals surface area contributed by atoms with Crippen LogP contribution in [0.4, 0.5) is 8.78 Å². The molecule has 0 saturated heterocycles. The SMILES string of the molecule is CCOC(=O)/C(C#N)=C/c1cc(-c2ccccc2F)n(Cc2ccccc2F)c1. The topological polar surface area (TPSA) is 55.0 Å². The Bertz CT molecular complexity index is 1110. The third kappa shape index (κ3) is 4.58. The molecular weight excluding hydrogens is 374 g/mol. The molecule has 146 valence electrons. The lowest BCUT2D eigenvalue weighted by Gasteiger charge is -2.11. The molecule has 2 aromatic carbocycles. The number of esters is 1. The summed E-state index contributed by atoms with van der Waals surface area (Å²) in [6, 6.07) is 16.0. The molecule has 6 heteroatoms. The van der Waals surface area contributed by atoms with Crippen LogP contribution in [0.5, 0.6) is 0 Å². The van der Waals surface area contributed by atoms with E-state index in [1.165, 1.54) is 18.2 Å². The summed E-state index contributed by atoms with van der Waals surface area (Å²) in [6.45, 7) is 1.95. The molecule has 0 amide bonds. The Kier molecular flexibility index (Phi) is 6.20. The number of carbonyl (C=O) groups is 1. The normalized spacial score (nSPS) is 11.2. The highest BCUT2D eigenvalue weighted by atomic mass is 19.1. The van der Waals surface area contributed by atoms with Crippen molar-refractivity contribution in [3.05, 3.63) is 89.1 Å². The number of ether oxygens (including phenoxy) is 1. The predicted octanol–water partition coefficient (Wildman–Crippen LogP) is 4.95. The van der Waals surface area contributed by atoms with Crippen molar-refractivity contribution in [3.63, 3.8) is 0 Å². The minimum atomic E-state index is -0.732. The number of carbonyl (C=O) groups excluding carboxylic acids is 1. The monoisotopic (exact) mass is 392 g/mol. The second kappa shape index (κ2) is 8.98. The largest absolute Gasteiger partial charge is 0.462 e. The first-order valence-electron chi connectivity index (χ1n) is 9.01. The Morgan fingerprint density at radius 1 is 1.14 bits per heavy atom. The Balaban J connectivity index is 2.09. The van der Waals surface area contributed by atoms with Crippen molar-refractivity contribution in [1.29, 1.82) is 5.26 Å². The van der Waals surface area contributed by atoms with Gasteiger partial charge in [0.25, 0.3) is 0 Å². The summed E-state index contributed by atoms with van der Waals surface area (Å²) >= 11 is 0. The van der Waals surface area contributed by atoms with Gasteiger partial charge < -0.3 is 9.30 Å². The lowest BCUT2D eigenvalue weighted by molar-refractivity contribution is -0.137. The number of benzene rings is 2. The van der Waals surface area contributed by atoms with Crippen molar-refractivity contribution in [2.45, 2.75) is 13.5 Å². The smallest absolute Gasteiger partial charge is 0.348 e. The Hall–Kier alpha value is -3.72. The summed E-state index contributed by atoms with van der Waals surface area (Å²) in [5, 5.41) is 9.26. The quantitative estimate of drug-likeness (QED) is 0.339. The molecule has 3 aromatic rings. The van der Waals surface area contributed by atoms with E-state index >= 15 is 0 Å². The van der Waals surface area contributed by atoms with Gasteiger partial charge in [0.05, 0.1) is 18.8 Å². The average Bonchev–Trinajstić information content (AvgIpc) is 3.10. The fourth-order valence-corrected chi connectivity index (χ4v) is 2.96. The number of aromatic nitrogens is 1. The molecule has 1 aromatic heterocycles. The van der Waals surface area contributed by atoms with Crippen LogP contribution in [0.15, 0.2) is 66.4 Å². The van der Waals surface area contributed by atoms with Crippen LogP contribution in [0.25, 0.3) is 17.3 Å². The van der Waals surface area contributed by atoms with E-state index in [9.17, 15) is 18.8 Å². The summed E-state index contributed by atoms with van der Waals surface area (Å²) in [7, 11) is 0. The zero-order valence-electron chi connectivity index (χ0n) is 15.7. The number of hydrogen-bond acceptors (Lipinski definition) is 3. The van der Waals surface area contributed by atoms with Gasteiger partial charge in [-0.3, -0.25) is 0 Å². The standard InChI is InChI=1S/C23H18F2N2O2/c1-2-29-23(28)18(13-26)11-16-12-22(19-8-4-6-10-21(19)25)27(14-16)15-17-7-3-5-9-20(17)24/h3-12,14H,2,15H2,1H3/b18-11+. The van der Waals surface area contributed by atoms with E-state index in [1.54, 1.807) is 60.2 Å². The predicted molar refractivity (Wildman–Crippen MR) is 106 cm³/mol. The number of nitriles is 1. The molecule has 0 aliphatic rings. The number of hydrogen-bond donors (Lipinski definition) is 0. The maximum atomic E-state index is 14.4. The van der Waals surface area contributed by atoms with Gasteiger partial charge in [-0.15, -0.1) is 0 Å². The van der Waals surface area contributed by atoms with Crippen molar-refractivity contribution >= 4 is 12.0 Å². The fourth-order valence-electron chi connectivity index (χ4n) is 2.96. The molecule has 0 fully saturated rings. The summed E-state index contributed by atoms with van der Waals surface area (Å²) in [6.07, 6.45) is 3.02. The molecule has 0 aliphatic carbocycles. The van der Waals surface area contributed by atoms with Crippen LogP contribution in [0.2, 0.25) is 0 Å². The molecule has 29 heavy (non-hydrogen) atoms. The molecule has 1 heterocycles. The number of nitrogens with zero attached hydrogens (tertiary/aromatic N) is 2. The number of rotatable bonds is 6. The molecule has 4 nitrogen and oxygen atoms in total. The first kappa shape index (κ1) is 20.0. The highest BCUT2D eigenvalue weighted by Crippen LogP contribution is 2.27. The molecule has 3 rings (SSSR count). The van der Waals surface area contributed by atoms with Crippen LogP contribution in [-0.2, 0) is 16.1 Å². The molecule has 0 unspecified atom stereocenters. The number of halogens is 2. The molecule has 0 N–H and O–H groups in total. The maximum absolute atomic E-state index is 14.4. The molecule has 0 atom stereocenters. The second-order valence-electron chi connectivity index (χ2n) is 6.25. The third-order valence-corrected chi connectivity index (χ3v) is 4.29. The van der Waals surface area contributed by atoms with Gasteiger partial charge in [-0.25, -0.2) is 13.6 Å². The van der Waals surface area contributed by atoms with Crippen LogP contribution in [0.3, 0.4) is 0 Å². The van der Waals surface area contributed by atoms with E-state index in [0.29, 0.717) is 22.4 Å². The summed E-state index contributed by atoms with van der Waals surface area (Å²) < 4.78 is 35.1. The first-order chi connectivity index (χ1) is 14.0. The van der Waals surface area contributed by atoms with Crippen LogP contribution in [0, 0.1) is 23.0 Å². The lowest BCUT2D eigenvalue weighted by Crippen LogP contribution is -2.05. The fraction of sp³-hybridized carbons (Fsp3) is 0.130. The van der Waals surface area contributed by atoms with Crippen molar-refractivity contribution in [2.75, 3.05) is 6.61 Å². The zero-order valence-corrected chi connectivity index (χ0v) is 15.7. The first-order valence-corrected chi connectivity index (χ1v) is 9.01. The highest BCUT2D eigenvalue weighted by Gasteiger charge is 2.15. The average molecular weight is 392 g/mol. The maximum Gasteiger partial charge on any atom is 0.348 e. The van der Waals surface area contributed by atoms with Crippen LogP contribution in [-0.4, -0.2) is 17.1 Å². The van der Waals surface area contributed by atoms with Gasteiger partial charge in [0.1, 0.15) is 23.3 Å². The van der Waals surface area contributed by atoms with Gasteiger partial charge in [-0.1, -0.05) is 30.3 Å². The highest BCUT2D eigenvalue weighted by molar-refractivity contribution is 5.98. The summed E-state index contributed by atoms with van der Waals surface area (Å²) in [5.41, 5.74) is 1.60. The molecule has 0 radical (unpaired) electrons. The molecule has 0 bridgehead atoms. The van der Waals surface area contributed by atoms with Gasteiger partial charge in [-0.05, 0) is 42.8 Å². The second-order valence-corrected chi connectivity index (χ2v) is 6.25. The summed E-state index contributed by atoms with van der Waals surface area (Å²) in [4.78, 5) is 11.9. The van der Waals surface area contributed by atoms with Gasteiger partial charge >= 0.3 is 5.97 Å². The van der Waals surface area contributed by atoms with Crippen molar-refractivity contribution < 1.29 is 18.3 Å². The lowest BCUT2D eigenvalue weighted by atomic mass is 10.1. The summed E-state index contributed by atoms with van der Waals surface area (Å²) in [5.74, 6) is -1.53. The van der Waals surface area contributed by atoms with Crippen LogP contribution in [0.1, 0.15) is 18.1 Å². The van der Waals surface area contributed by atoms with Crippen molar-refractivity contribution in [3.8, 4) is 17.3 Å². The van der Waals surface area contributed by atoms with Crippen LogP contribution < -0.4 is 0 Å². The Labute approximate surface area is 167 Å². The van der Waals surface area contributed by atoms with Crippen molar-refractivity contribution in [1.82, 2.24) is 4.57 Å². The minimum Gasteiger partial charge on any atom is -0.462 e. The zero-order chi connectivity index (χ0) is 20.8. The van der Waals surface area contributed by atoms with Gasteiger partial charge in [0.2, 0.25) is 0 Å². The molecular formula is C23H18F2N2O2. The van der Waals surface area contributed by atoms with Gasteiger partial charge in [-0.2, -0.15) is 5.26 Å². The van der Waals surface area contributed by atoms with Gasteiger partial charge in [0.15, 0.2) is 0 Å². The molecule has 0 spiro atoms.